The van der Waals surface area contributed by atoms with E-state index in [1.165, 1.54) is 22.5 Å². The van der Waals surface area contributed by atoms with Crippen molar-refractivity contribution < 1.29 is 32.5 Å². The molecule has 1 N–H and O–H groups in total. The average molecular weight is 425 g/mol. The number of carbonyl (C=O) groups is 1. The summed E-state index contributed by atoms with van der Waals surface area (Å²) in [5.41, 5.74) is 5.06. The summed E-state index contributed by atoms with van der Waals surface area (Å²) in [5, 5.41) is 7.12. The van der Waals surface area contributed by atoms with Crippen molar-refractivity contribution in [3.05, 3.63) is 47.0 Å². The maximum Gasteiger partial charge on any atom is 0.490 e. The quantitative estimate of drug-likeness (QED) is 0.809. The van der Waals surface area contributed by atoms with Crippen molar-refractivity contribution >= 4 is 5.97 Å². The predicted octanol–water partition coefficient (Wildman–Crippen LogP) is 3.00. The largest absolute Gasteiger partial charge is 0.490 e. The Labute approximate surface area is 171 Å². The van der Waals surface area contributed by atoms with Crippen LogP contribution >= 0.6 is 0 Å². The molecular weight excluding hydrogens is 403 g/mol. The fourth-order valence-corrected chi connectivity index (χ4v) is 3.40. The van der Waals surface area contributed by atoms with Gasteiger partial charge in [-0.2, -0.15) is 13.2 Å². The molecule has 4 rings (SSSR count). The third kappa shape index (κ3) is 5.38. The number of hydrogen-bond acceptors (Lipinski definition) is 6. The van der Waals surface area contributed by atoms with E-state index in [-0.39, 0.29) is 0 Å². The van der Waals surface area contributed by atoms with Gasteiger partial charge in [0, 0.05) is 37.4 Å². The Bertz CT molecular complexity index is 905. The van der Waals surface area contributed by atoms with Crippen molar-refractivity contribution in [3.63, 3.8) is 0 Å². The molecule has 162 valence electrons. The summed E-state index contributed by atoms with van der Waals surface area (Å²) in [4.78, 5) is 20.3. The van der Waals surface area contributed by atoms with Gasteiger partial charge < -0.3 is 14.6 Å². The van der Waals surface area contributed by atoms with Gasteiger partial charge >= 0.3 is 12.1 Å². The van der Waals surface area contributed by atoms with Crippen LogP contribution in [0.4, 0.5) is 13.2 Å². The highest BCUT2D eigenvalue weighted by atomic mass is 19.4. The number of hydrogen-bond donors (Lipinski definition) is 1. The van der Waals surface area contributed by atoms with Gasteiger partial charge in [-0.25, -0.2) is 14.8 Å². The lowest BCUT2D eigenvalue weighted by atomic mass is 10.1. The number of carboxylic acids is 1. The van der Waals surface area contributed by atoms with Crippen molar-refractivity contribution in [1.82, 2.24) is 14.9 Å². The SMILES string of the molecule is CCc1ncnc2c1CCN(Cc1ccc3c(c1)OCO3)CC2.O=C(O)C(F)(F)F. The van der Waals surface area contributed by atoms with Gasteiger partial charge in [-0.05, 0) is 36.1 Å². The number of benzene rings is 1. The number of fused-ring (bicyclic) bond motifs is 2. The lowest BCUT2D eigenvalue weighted by Crippen LogP contribution is -2.26. The molecular formula is C20H22F3N3O4. The molecule has 0 fully saturated rings. The first-order chi connectivity index (χ1) is 14.3. The second-order valence-electron chi connectivity index (χ2n) is 6.87. The summed E-state index contributed by atoms with van der Waals surface area (Å²) < 4.78 is 42.6. The van der Waals surface area contributed by atoms with Crippen LogP contribution in [0, 0.1) is 0 Å². The van der Waals surface area contributed by atoms with E-state index in [2.05, 4.69) is 33.9 Å². The van der Waals surface area contributed by atoms with Gasteiger partial charge in [-0.3, -0.25) is 4.90 Å². The Hall–Kier alpha value is -2.88. The molecule has 0 radical (unpaired) electrons. The van der Waals surface area contributed by atoms with E-state index in [0.717, 1.165) is 50.4 Å². The van der Waals surface area contributed by atoms with E-state index >= 15 is 0 Å². The standard InChI is InChI=1S/C18H21N3O2.C2HF3O2/c1-2-15-14-5-7-21(8-6-16(14)20-11-19-15)10-13-3-4-17-18(9-13)23-12-22-17;3-2(4,5)1(6)7/h3-4,9,11H,2,5-8,10,12H2,1H3;(H,6,7). The third-order valence-electron chi connectivity index (χ3n) is 4.89. The van der Waals surface area contributed by atoms with Gasteiger partial charge in [0.05, 0.1) is 0 Å². The van der Waals surface area contributed by atoms with E-state index in [1.54, 1.807) is 6.33 Å². The zero-order valence-electron chi connectivity index (χ0n) is 16.4. The van der Waals surface area contributed by atoms with Crippen LogP contribution in [0.5, 0.6) is 11.5 Å². The molecule has 2 aliphatic heterocycles. The molecule has 0 saturated carbocycles. The molecule has 0 amide bonds. The van der Waals surface area contributed by atoms with Gasteiger partial charge in [0.1, 0.15) is 6.33 Å². The van der Waals surface area contributed by atoms with Crippen molar-refractivity contribution in [2.75, 3.05) is 19.9 Å². The number of carboxylic acid groups (broad SMARTS) is 1. The Morgan fingerprint density at radius 2 is 1.87 bits per heavy atom. The normalized spacial score (nSPS) is 15.6. The number of halogens is 3. The molecule has 0 atom stereocenters. The van der Waals surface area contributed by atoms with Crippen LogP contribution in [0.1, 0.15) is 29.4 Å². The summed E-state index contributed by atoms with van der Waals surface area (Å²) in [6, 6.07) is 6.23. The Morgan fingerprint density at radius 3 is 2.57 bits per heavy atom. The number of aromatic nitrogens is 2. The minimum absolute atomic E-state index is 0.330. The summed E-state index contributed by atoms with van der Waals surface area (Å²) >= 11 is 0. The zero-order chi connectivity index (χ0) is 21.7. The Morgan fingerprint density at radius 1 is 1.17 bits per heavy atom. The van der Waals surface area contributed by atoms with E-state index in [1.807, 2.05) is 6.07 Å². The molecule has 2 aliphatic rings. The molecule has 0 unspecified atom stereocenters. The van der Waals surface area contributed by atoms with E-state index in [9.17, 15) is 13.2 Å². The molecule has 0 aliphatic carbocycles. The molecule has 3 heterocycles. The number of nitrogens with zero attached hydrogens (tertiary/aromatic N) is 3. The maximum absolute atomic E-state index is 10.6. The lowest BCUT2D eigenvalue weighted by molar-refractivity contribution is -0.192. The highest BCUT2D eigenvalue weighted by molar-refractivity contribution is 5.73. The molecule has 0 saturated heterocycles. The van der Waals surface area contributed by atoms with Crippen molar-refractivity contribution in [1.29, 1.82) is 0 Å². The zero-order valence-corrected chi connectivity index (χ0v) is 16.4. The third-order valence-corrected chi connectivity index (χ3v) is 4.89. The summed E-state index contributed by atoms with van der Waals surface area (Å²) in [6.07, 6.45) is -0.364. The van der Waals surface area contributed by atoms with E-state index < -0.39 is 12.1 Å². The van der Waals surface area contributed by atoms with Crippen molar-refractivity contribution in [2.24, 2.45) is 0 Å². The Kier molecular flexibility index (Phi) is 6.76. The highest BCUT2D eigenvalue weighted by Gasteiger charge is 2.38. The number of aliphatic carboxylic acids is 1. The fraction of sp³-hybridized carbons (Fsp3) is 0.450. The molecule has 1 aromatic carbocycles. The van der Waals surface area contributed by atoms with Crippen LogP contribution in [0.15, 0.2) is 24.5 Å². The summed E-state index contributed by atoms with van der Waals surface area (Å²) in [6.45, 7) is 5.50. The number of rotatable bonds is 3. The van der Waals surface area contributed by atoms with Crippen LogP contribution in [-0.4, -0.2) is 52.0 Å². The molecule has 30 heavy (non-hydrogen) atoms. The van der Waals surface area contributed by atoms with E-state index in [4.69, 9.17) is 19.4 Å². The minimum Gasteiger partial charge on any atom is -0.475 e. The monoisotopic (exact) mass is 425 g/mol. The lowest BCUT2D eigenvalue weighted by Gasteiger charge is -2.19. The number of alkyl halides is 3. The first-order valence-electron chi connectivity index (χ1n) is 9.50. The molecule has 2 aromatic rings. The minimum atomic E-state index is -5.08. The second kappa shape index (κ2) is 9.29. The van der Waals surface area contributed by atoms with Crippen molar-refractivity contribution in [3.8, 4) is 11.5 Å². The van der Waals surface area contributed by atoms with Crippen LogP contribution < -0.4 is 9.47 Å². The first kappa shape index (κ1) is 21.8. The number of aryl methyl sites for hydroxylation is 1. The molecule has 0 bridgehead atoms. The molecule has 1 aromatic heterocycles. The van der Waals surface area contributed by atoms with Crippen molar-refractivity contribution in [2.45, 2.75) is 38.9 Å². The second-order valence-corrected chi connectivity index (χ2v) is 6.87. The summed E-state index contributed by atoms with van der Waals surface area (Å²) in [5.74, 6) is -1.05. The molecule has 0 spiro atoms. The maximum atomic E-state index is 10.6. The fourth-order valence-electron chi connectivity index (χ4n) is 3.40. The van der Waals surface area contributed by atoms with Gasteiger partial charge in [0.2, 0.25) is 6.79 Å². The average Bonchev–Trinajstić information content (AvgIpc) is 3.08. The number of ether oxygens (including phenoxy) is 2. The first-order valence-corrected chi connectivity index (χ1v) is 9.50. The van der Waals surface area contributed by atoms with Crippen LogP contribution in [-0.2, 0) is 30.6 Å². The van der Waals surface area contributed by atoms with Crippen LogP contribution in [0.3, 0.4) is 0 Å². The topological polar surface area (TPSA) is 84.8 Å². The van der Waals surface area contributed by atoms with Crippen LogP contribution in [0.25, 0.3) is 0 Å². The molecule has 7 nitrogen and oxygen atoms in total. The predicted molar refractivity (Wildman–Crippen MR) is 100 cm³/mol. The van der Waals surface area contributed by atoms with Gasteiger partial charge in [-0.1, -0.05) is 13.0 Å². The van der Waals surface area contributed by atoms with Gasteiger partial charge in [0.25, 0.3) is 0 Å². The smallest absolute Gasteiger partial charge is 0.475 e. The van der Waals surface area contributed by atoms with Crippen LogP contribution in [0.2, 0.25) is 0 Å². The van der Waals surface area contributed by atoms with Gasteiger partial charge in [-0.15, -0.1) is 0 Å². The highest BCUT2D eigenvalue weighted by Crippen LogP contribution is 2.33. The summed E-state index contributed by atoms with van der Waals surface area (Å²) in [7, 11) is 0. The molecule has 10 heteroatoms. The van der Waals surface area contributed by atoms with Gasteiger partial charge in [0.15, 0.2) is 11.5 Å². The Balaban J connectivity index is 0.000000318. The van der Waals surface area contributed by atoms with E-state index in [0.29, 0.717) is 6.79 Å².